The first kappa shape index (κ1) is 19.5. The van der Waals surface area contributed by atoms with Crippen molar-refractivity contribution >= 4 is 17.7 Å². The average Bonchev–Trinajstić information content (AvgIpc) is 3.33. The predicted molar refractivity (Wildman–Crippen MR) is 105 cm³/mol. The van der Waals surface area contributed by atoms with Crippen LogP contribution in [0.2, 0.25) is 0 Å². The van der Waals surface area contributed by atoms with Gasteiger partial charge in [-0.05, 0) is 44.9 Å². The number of carbonyl (C=O) groups excluding carboxylic acids is 3. The molecule has 2 fully saturated rings. The van der Waals surface area contributed by atoms with E-state index >= 15 is 0 Å². The van der Waals surface area contributed by atoms with E-state index in [1.807, 2.05) is 18.7 Å². The quantitative estimate of drug-likeness (QED) is 0.824. The van der Waals surface area contributed by atoms with Crippen LogP contribution in [0.3, 0.4) is 0 Å². The van der Waals surface area contributed by atoms with Crippen LogP contribution in [-0.4, -0.2) is 66.0 Å². The van der Waals surface area contributed by atoms with Gasteiger partial charge in [0.25, 0.3) is 5.91 Å². The summed E-state index contributed by atoms with van der Waals surface area (Å²) in [4.78, 5) is 41.0. The molecule has 8 nitrogen and oxygen atoms in total. The Balaban J connectivity index is 1.28. The molecule has 1 aromatic rings. The fourth-order valence-electron chi connectivity index (χ4n) is 4.20. The van der Waals surface area contributed by atoms with Crippen LogP contribution in [0.1, 0.15) is 43.5 Å². The highest BCUT2D eigenvalue weighted by Crippen LogP contribution is 2.32. The van der Waals surface area contributed by atoms with E-state index < -0.39 is 0 Å². The van der Waals surface area contributed by atoms with Gasteiger partial charge in [0.2, 0.25) is 18.6 Å². The van der Waals surface area contributed by atoms with Gasteiger partial charge in [-0.3, -0.25) is 14.4 Å². The number of ether oxygens (including phenoxy) is 2. The van der Waals surface area contributed by atoms with Gasteiger partial charge in [-0.2, -0.15) is 0 Å². The molecule has 3 heterocycles. The monoisotopic (exact) mass is 401 g/mol. The van der Waals surface area contributed by atoms with Gasteiger partial charge < -0.3 is 24.6 Å². The van der Waals surface area contributed by atoms with E-state index in [2.05, 4.69) is 5.32 Å². The Morgan fingerprint density at radius 3 is 2.55 bits per heavy atom. The Bertz CT molecular complexity index is 817. The summed E-state index contributed by atoms with van der Waals surface area (Å²) in [6.07, 6.45) is 1.71. The first-order valence-corrected chi connectivity index (χ1v) is 10.2. The van der Waals surface area contributed by atoms with E-state index in [1.165, 1.54) is 0 Å². The largest absolute Gasteiger partial charge is 0.454 e. The number of amides is 3. The van der Waals surface area contributed by atoms with Crippen molar-refractivity contribution in [3.63, 3.8) is 0 Å². The predicted octanol–water partition coefficient (Wildman–Crippen LogP) is 1.39. The molecule has 0 spiro atoms. The standard InChI is InChI=1S/C21H27N3O5/c1-13(2)24-11-15(10-19(24)25)21(27)23-7-5-16(6-8-23)22-20(26)14-3-4-17-18(9-14)29-12-28-17/h3-4,9,13,15-16H,5-8,10-12H2,1-2H3,(H,22,26). The second-order valence-corrected chi connectivity index (χ2v) is 8.18. The maximum atomic E-state index is 12.8. The molecular formula is C21H27N3O5. The van der Waals surface area contributed by atoms with Crippen LogP contribution >= 0.6 is 0 Å². The van der Waals surface area contributed by atoms with Gasteiger partial charge in [-0.1, -0.05) is 0 Å². The molecule has 156 valence electrons. The second-order valence-electron chi connectivity index (χ2n) is 8.18. The van der Waals surface area contributed by atoms with Crippen molar-refractivity contribution in [1.82, 2.24) is 15.1 Å². The van der Waals surface area contributed by atoms with Gasteiger partial charge in [0.15, 0.2) is 11.5 Å². The maximum absolute atomic E-state index is 12.8. The fourth-order valence-corrected chi connectivity index (χ4v) is 4.20. The number of rotatable bonds is 4. The number of likely N-dealkylation sites (tertiary alicyclic amines) is 2. The van der Waals surface area contributed by atoms with E-state index in [0.717, 1.165) is 0 Å². The lowest BCUT2D eigenvalue weighted by Crippen LogP contribution is -2.48. The summed E-state index contributed by atoms with van der Waals surface area (Å²) >= 11 is 0. The molecule has 3 aliphatic heterocycles. The summed E-state index contributed by atoms with van der Waals surface area (Å²) in [7, 11) is 0. The zero-order valence-corrected chi connectivity index (χ0v) is 16.8. The van der Waals surface area contributed by atoms with E-state index in [0.29, 0.717) is 56.0 Å². The van der Waals surface area contributed by atoms with Crippen LogP contribution in [0.4, 0.5) is 0 Å². The van der Waals surface area contributed by atoms with Gasteiger partial charge in [0.1, 0.15) is 0 Å². The number of benzene rings is 1. The van der Waals surface area contributed by atoms with E-state index in [4.69, 9.17) is 9.47 Å². The van der Waals surface area contributed by atoms with E-state index in [1.54, 1.807) is 23.1 Å². The zero-order valence-electron chi connectivity index (χ0n) is 16.8. The Labute approximate surface area is 170 Å². The lowest BCUT2D eigenvalue weighted by Gasteiger charge is -2.34. The summed E-state index contributed by atoms with van der Waals surface area (Å²) in [5.41, 5.74) is 0.533. The third-order valence-corrected chi connectivity index (χ3v) is 5.91. The third kappa shape index (κ3) is 4.02. The van der Waals surface area contributed by atoms with Crippen molar-refractivity contribution in [2.45, 2.75) is 45.2 Å². The maximum Gasteiger partial charge on any atom is 0.251 e. The van der Waals surface area contributed by atoms with Crippen LogP contribution < -0.4 is 14.8 Å². The summed E-state index contributed by atoms with van der Waals surface area (Å²) in [5, 5.41) is 3.05. The molecule has 0 bridgehead atoms. The molecule has 0 aliphatic carbocycles. The van der Waals surface area contributed by atoms with Gasteiger partial charge in [0.05, 0.1) is 5.92 Å². The number of carbonyl (C=O) groups is 3. The van der Waals surface area contributed by atoms with Crippen LogP contribution in [0, 0.1) is 5.92 Å². The highest BCUT2D eigenvalue weighted by Gasteiger charge is 2.38. The first-order chi connectivity index (χ1) is 13.9. The molecule has 1 aromatic carbocycles. The van der Waals surface area contributed by atoms with Crippen molar-refractivity contribution in [2.24, 2.45) is 5.92 Å². The highest BCUT2D eigenvalue weighted by molar-refractivity contribution is 5.95. The molecule has 4 rings (SSSR count). The van der Waals surface area contributed by atoms with E-state index in [-0.39, 0.29) is 42.5 Å². The minimum atomic E-state index is -0.246. The topological polar surface area (TPSA) is 88.2 Å². The lowest BCUT2D eigenvalue weighted by molar-refractivity contribution is -0.136. The minimum Gasteiger partial charge on any atom is -0.454 e. The van der Waals surface area contributed by atoms with Crippen molar-refractivity contribution in [3.8, 4) is 11.5 Å². The number of piperidine rings is 1. The summed E-state index contributed by atoms with van der Waals surface area (Å²) in [6, 6.07) is 5.29. The van der Waals surface area contributed by atoms with Crippen molar-refractivity contribution in [3.05, 3.63) is 23.8 Å². The van der Waals surface area contributed by atoms with Gasteiger partial charge in [0, 0.05) is 43.7 Å². The number of nitrogens with one attached hydrogen (secondary N) is 1. The third-order valence-electron chi connectivity index (χ3n) is 5.91. The number of hydrogen-bond acceptors (Lipinski definition) is 5. The van der Waals surface area contributed by atoms with Gasteiger partial charge >= 0.3 is 0 Å². The molecule has 8 heteroatoms. The van der Waals surface area contributed by atoms with Gasteiger partial charge in [-0.25, -0.2) is 0 Å². The van der Waals surface area contributed by atoms with Crippen molar-refractivity contribution in [1.29, 1.82) is 0 Å². The SMILES string of the molecule is CC(C)N1CC(C(=O)N2CCC(NC(=O)c3ccc4c(c3)OCO4)CC2)CC1=O. The number of hydrogen-bond donors (Lipinski definition) is 1. The minimum absolute atomic E-state index is 0.0225. The lowest BCUT2D eigenvalue weighted by atomic mass is 10.0. The molecule has 0 saturated carbocycles. The fraction of sp³-hybridized carbons (Fsp3) is 0.571. The molecule has 0 radical (unpaired) electrons. The molecule has 3 amide bonds. The first-order valence-electron chi connectivity index (χ1n) is 10.2. The average molecular weight is 401 g/mol. The van der Waals surface area contributed by atoms with Crippen molar-refractivity contribution in [2.75, 3.05) is 26.4 Å². The summed E-state index contributed by atoms with van der Waals surface area (Å²) < 4.78 is 10.6. The second kappa shape index (κ2) is 7.93. The summed E-state index contributed by atoms with van der Waals surface area (Å²) in [5.74, 6) is 0.951. The molecule has 0 aromatic heterocycles. The Morgan fingerprint density at radius 1 is 1.14 bits per heavy atom. The molecule has 1 N–H and O–H groups in total. The molecule has 2 saturated heterocycles. The summed E-state index contributed by atoms with van der Waals surface area (Å²) in [6.45, 7) is 5.82. The molecule has 29 heavy (non-hydrogen) atoms. The van der Waals surface area contributed by atoms with Crippen molar-refractivity contribution < 1.29 is 23.9 Å². The Morgan fingerprint density at radius 2 is 1.86 bits per heavy atom. The normalized spacial score (nSPS) is 21.8. The van der Waals surface area contributed by atoms with Crippen LogP contribution in [0.15, 0.2) is 18.2 Å². The van der Waals surface area contributed by atoms with E-state index in [9.17, 15) is 14.4 Å². The Hall–Kier alpha value is -2.77. The molecule has 3 aliphatic rings. The smallest absolute Gasteiger partial charge is 0.251 e. The number of fused-ring (bicyclic) bond motifs is 1. The van der Waals surface area contributed by atoms with Gasteiger partial charge in [-0.15, -0.1) is 0 Å². The van der Waals surface area contributed by atoms with Crippen LogP contribution in [0.5, 0.6) is 11.5 Å². The number of nitrogens with zero attached hydrogens (tertiary/aromatic N) is 2. The highest BCUT2D eigenvalue weighted by atomic mass is 16.7. The Kier molecular flexibility index (Phi) is 5.34. The molecular weight excluding hydrogens is 374 g/mol. The van der Waals surface area contributed by atoms with Crippen LogP contribution in [0.25, 0.3) is 0 Å². The molecule has 1 atom stereocenters. The molecule has 1 unspecified atom stereocenters. The van der Waals surface area contributed by atoms with Crippen LogP contribution in [-0.2, 0) is 9.59 Å². The zero-order chi connectivity index (χ0) is 20.5.